The summed E-state index contributed by atoms with van der Waals surface area (Å²) in [5.41, 5.74) is 0. The summed E-state index contributed by atoms with van der Waals surface area (Å²) in [5, 5.41) is 6.18. The topological polar surface area (TPSA) is 75.3 Å². The Morgan fingerprint density at radius 2 is 2.12 bits per heavy atom. The highest BCUT2D eigenvalue weighted by Gasteiger charge is 2.31. The predicted octanol–water partition coefficient (Wildman–Crippen LogP) is -0.322. The van der Waals surface area contributed by atoms with E-state index in [1.54, 1.807) is 0 Å². The Morgan fingerprint density at radius 3 is 2.71 bits per heavy atom. The summed E-state index contributed by atoms with van der Waals surface area (Å²) < 4.78 is 22.6. The highest BCUT2D eigenvalue weighted by molar-refractivity contribution is 7.91. The molecule has 3 unspecified atom stereocenters. The maximum atomic E-state index is 12.0. The van der Waals surface area contributed by atoms with Crippen LogP contribution < -0.4 is 10.6 Å². The minimum absolute atomic E-state index is 0.0282. The molecule has 3 atom stereocenters. The SMILES string of the molecule is CC1CC(C(=O)NC2CCS(=O)(=O)C2)CCN1. The van der Waals surface area contributed by atoms with Crippen molar-refractivity contribution >= 4 is 15.7 Å². The third-order valence-corrected chi connectivity index (χ3v) is 5.34. The zero-order valence-corrected chi connectivity index (χ0v) is 10.9. The number of sulfone groups is 1. The van der Waals surface area contributed by atoms with Gasteiger partial charge < -0.3 is 10.6 Å². The molecule has 2 N–H and O–H groups in total. The van der Waals surface area contributed by atoms with Crippen LogP contribution >= 0.6 is 0 Å². The van der Waals surface area contributed by atoms with Crippen molar-refractivity contribution in [3.8, 4) is 0 Å². The molecule has 17 heavy (non-hydrogen) atoms. The van der Waals surface area contributed by atoms with E-state index in [1.165, 1.54) is 0 Å². The van der Waals surface area contributed by atoms with Gasteiger partial charge in [0.1, 0.15) is 0 Å². The average molecular weight is 260 g/mol. The summed E-state index contributed by atoms with van der Waals surface area (Å²) in [4.78, 5) is 12.0. The van der Waals surface area contributed by atoms with E-state index >= 15 is 0 Å². The predicted molar refractivity (Wildman–Crippen MR) is 65.4 cm³/mol. The van der Waals surface area contributed by atoms with Crippen LogP contribution in [0.5, 0.6) is 0 Å². The highest BCUT2D eigenvalue weighted by Crippen LogP contribution is 2.18. The highest BCUT2D eigenvalue weighted by atomic mass is 32.2. The molecular formula is C11H20N2O3S. The van der Waals surface area contributed by atoms with Gasteiger partial charge in [0.15, 0.2) is 9.84 Å². The molecule has 2 saturated heterocycles. The van der Waals surface area contributed by atoms with E-state index < -0.39 is 9.84 Å². The zero-order valence-electron chi connectivity index (χ0n) is 10.1. The van der Waals surface area contributed by atoms with Crippen molar-refractivity contribution in [2.24, 2.45) is 5.92 Å². The standard InChI is InChI=1S/C11H20N2O3S/c1-8-6-9(2-4-12-8)11(14)13-10-3-5-17(15,16)7-10/h8-10,12H,2-7H2,1H3,(H,13,14). The molecule has 0 radical (unpaired) electrons. The summed E-state index contributed by atoms with van der Waals surface area (Å²) in [6, 6.07) is 0.199. The molecule has 0 spiro atoms. The molecule has 2 fully saturated rings. The fourth-order valence-corrected chi connectivity index (χ4v) is 4.27. The first-order valence-electron chi connectivity index (χ1n) is 6.20. The third kappa shape index (κ3) is 3.42. The van der Waals surface area contributed by atoms with Gasteiger partial charge in [-0.3, -0.25) is 4.79 Å². The van der Waals surface area contributed by atoms with Crippen LogP contribution in [0.3, 0.4) is 0 Å². The fourth-order valence-electron chi connectivity index (χ4n) is 2.60. The van der Waals surface area contributed by atoms with Crippen LogP contribution in [0.1, 0.15) is 26.2 Å². The van der Waals surface area contributed by atoms with E-state index in [1.807, 2.05) is 0 Å². The largest absolute Gasteiger partial charge is 0.352 e. The molecule has 2 aliphatic rings. The van der Waals surface area contributed by atoms with Gasteiger partial charge in [-0.25, -0.2) is 8.42 Å². The zero-order chi connectivity index (χ0) is 12.5. The fraction of sp³-hybridized carbons (Fsp3) is 0.909. The lowest BCUT2D eigenvalue weighted by Crippen LogP contribution is -2.45. The number of piperidine rings is 1. The number of carbonyl (C=O) groups excluding carboxylic acids is 1. The van der Waals surface area contributed by atoms with Gasteiger partial charge in [0, 0.05) is 18.0 Å². The van der Waals surface area contributed by atoms with Crippen LogP contribution in [0.25, 0.3) is 0 Å². The van der Waals surface area contributed by atoms with E-state index in [4.69, 9.17) is 0 Å². The van der Waals surface area contributed by atoms with Crippen LogP contribution in [0, 0.1) is 5.92 Å². The van der Waals surface area contributed by atoms with E-state index in [0.29, 0.717) is 12.5 Å². The van der Waals surface area contributed by atoms with Gasteiger partial charge in [-0.2, -0.15) is 0 Å². The van der Waals surface area contributed by atoms with E-state index in [9.17, 15) is 13.2 Å². The molecule has 0 saturated carbocycles. The van der Waals surface area contributed by atoms with E-state index in [2.05, 4.69) is 17.6 Å². The molecule has 0 aromatic rings. The van der Waals surface area contributed by atoms with Crippen molar-refractivity contribution in [1.29, 1.82) is 0 Å². The number of amides is 1. The van der Waals surface area contributed by atoms with Gasteiger partial charge in [0.2, 0.25) is 5.91 Å². The first-order chi connectivity index (χ1) is 7.96. The Kier molecular flexibility index (Phi) is 3.73. The van der Waals surface area contributed by atoms with Crippen molar-refractivity contribution < 1.29 is 13.2 Å². The molecule has 0 aliphatic carbocycles. The quantitative estimate of drug-likeness (QED) is 0.713. The first-order valence-corrected chi connectivity index (χ1v) is 8.02. The minimum Gasteiger partial charge on any atom is -0.352 e. The van der Waals surface area contributed by atoms with Crippen LogP contribution in [0.15, 0.2) is 0 Å². The van der Waals surface area contributed by atoms with Crippen molar-refractivity contribution in [1.82, 2.24) is 10.6 Å². The molecule has 1 amide bonds. The molecule has 2 rings (SSSR count). The van der Waals surface area contributed by atoms with Crippen molar-refractivity contribution in [3.63, 3.8) is 0 Å². The van der Waals surface area contributed by atoms with Gasteiger partial charge in [0.25, 0.3) is 0 Å². The molecule has 0 aromatic heterocycles. The van der Waals surface area contributed by atoms with Crippen molar-refractivity contribution in [2.45, 2.75) is 38.3 Å². The molecule has 98 valence electrons. The number of hydrogen-bond acceptors (Lipinski definition) is 4. The number of nitrogens with one attached hydrogen (secondary N) is 2. The normalized spacial score (nSPS) is 36.6. The molecule has 0 bridgehead atoms. The summed E-state index contributed by atoms with van der Waals surface area (Å²) in [5.74, 6) is 0.384. The number of carbonyl (C=O) groups is 1. The van der Waals surface area contributed by atoms with Crippen LogP contribution in [0.4, 0.5) is 0 Å². The lowest BCUT2D eigenvalue weighted by Gasteiger charge is -2.28. The van der Waals surface area contributed by atoms with E-state index in [-0.39, 0.29) is 29.4 Å². The summed E-state index contributed by atoms with van der Waals surface area (Å²) in [6.07, 6.45) is 2.25. The second-order valence-corrected chi connectivity index (χ2v) is 7.41. The molecule has 5 nitrogen and oxygen atoms in total. The maximum Gasteiger partial charge on any atom is 0.223 e. The van der Waals surface area contributed by atoms with Gasteiger partial charge in [-0.05, 0) is 32.7 Å². The Hall–Kier alpha value is -0.620. The average Bonchev–Trinajstić information content (AvgIpc) is 2.58. The minimum atomic E-state index is -2.91. The van der Waals surface area contributed by atoms with E-state index in [0.717, 1.165) is 19.4 Å². The van der Waals surface area contributed by atoms with Gasteiger partial charge in [-0.15, -0.1) is 0 Å². The maximum absolute atomic E-state index is 12.0. The lowest BCUT2D eigenvalue weighted by atomic mass is 9.92. The molecule has 2 heterocycles. The monoisotopic (exact) mass is 260 g/mol. The Morgan fingerprint density at radius 1 is 1.35 bits per heavy atom. The Bertz CT molecular complexity index is 394. The smallest absolute Gasteiger partial charge is 0.223 e. The van der Waals surface area contributed by atoms with Crippen molar-refractivity contribution in [2.75, 3.05) is 18.1 Å². The Balaban J connectivity index is 1.85. The molecule has 0 aromatic carbocycles. The molecule has 2 aliphatic heterocycles. The van der Waals surface area contributed by atoms with Crippen LogP contribution in [0.2, 0.25) is 0 Å². The summed E-state index contributed by atoms with van der Waals surface area (Å²) in [7, 11) is -2.91. The van der Waals surface area contributed by atoms with Gasteiger partial charge >= 0.3 is 0 Å². The second-order valence-electron chi connectivity index (χ2n) is 5.19. The van der Waals surface area contributed by atoms with Gasteiger partial charge in [0.05, 0.1) is 11.5 Å². The van der Waals surface area contributed by atoms with Crippen LogP contribution in [-0.4, -0.2) is 44.5 Å². The first kappa shape index (κ1) is 12.8. The van der Waals surface area contributed by atoms with Crippen LogP contribution in [-0.2, 0) is 14.6 Å². The number of rotatable bonds is 2. The second kappa shape index (κ2) is 4.94. The summed E-state index contributed by atoms with van der Waals surface area (Å²) in [6.45, 7) is 2.93. The lowest BCUT2D eigenvalue weighted by molar-refractivity contribution is -0.126. The van der Waals surface area contributed by atoms with Crippen molar-refractivity contribution in [3.05, 3.63) is 0 Å². The van der Waals surface area contributed by atoms with Gasteiger partial charge in [-0.1, -0.05) is 0 Å². The summed E-state index contributed by atoms with van der Waals surface area (Å²) >= 11 is 0. The Labute approximate surface area is 102 Å². The third-order valence-electron chi connectivity index (χ3n) is 3.57. The molecule has 6 heteroatoms. The molecular weight excluding hydrogens is 240 g/mol. The number of hydrogen-bond donors (Lipinski definition) is 2.